The van der Waals surface area contributed by atoms with Crippen LogP contribution in [0.1, 0.15) is 18.4 Å². The molecule has 1 unspecified atom stereocenters. The number of nitrogens with zero attached hydrogens (tertiary/aromatic N) is 2. The molecule has 2 aliphatic heterocycles. The zero-order valence-electron chi connectivity index (χ0n) is 14.9. The second-order valence-corrected chi connectivity index (χ2v) is 9.49. The maximum atomic E-state index is 13.1. The van der Waals surface area contributed by atoms with Crippen molar-refractivity contribution < 1.29 is 13.2 Å². The summed E-state index contributed by atoms with van der Waals surface area (Å²) in [4.78, 5) is 2.58. The van der Waals surface area contributed by atoms with Crippen LogP contribution in [-0.4, -0.2) is 64.6 Å². The predicted molar refractivity (Wildman–Crippen MR) is 94.5 cm³/mol. The van der Waals surface area contributed by atoms with Crippen LogP contribution < -0.4 is 0 Å². The lowest BCUT2D eigenvalue weighted by molar-refractivity contribution is -0.00333. The fraction of sp³-hybridized carbons (Fsp3) is 0.667. The zero-order chi connectivity index (χ0) is 17.4. The Bertz CT molecular complexity index is 681. The van der Waals surface area contributed by atoms with Gasteiger partial charge in [-0.15, -0.1) is 0 Å². The van der Waals surface area contributed by atoms with Gasteiger partial charge in [0.1, 0.15) is 0 Å². The molecule has 6 heteroatoms. The minimum absolute atomic E-state index is 0.0550. The van der Waals surface area contributed by atoms with Crippen molar-refractivity contribution >= 4 is 10.0 Å². The normalized spacial score (nSPS) is 24.8. The van der Waals surface area contributed by atoms with E-state index < -0.39 is 10.0 Å². The van der Waals surface area contributed by atoms with Gasteiger partial charge in [-0.05, 0) is 62.9 Å². The fourth-order valence-corrected chi connectivity index (χ4v) is 5.82. The van der Waals surface area contributed by atoms with Crippen molar-refractivity contribution in [3.63, 3.8) is 0 Å². The van der Waals surface area contributed by atoms with Gasteiger partial charge in [-0.3, -0.25) is 0 Å². The Balaban J connectivity index is 1.89. The molecule has 134 valence electrons. The molecule has 1 aromatic carbocycles. The SMILES string of the molecule is Cc1cccc(S(=O)(=O)N2CC(CN(C)C)C3(CCOCC3)C2)c1. The Labute approximate surface area is 145 Å². The van der Waals surface area contributed by atoms with Gasteiger partial charge >= 0.3 is 0 Å². The van der Waals surface area contributed by atoms with Crippen molar-refractivity contribution in [2.24, 2.45) is 11.3 Å². The Morgan fingerprint density at radius 3 is 2.62 bits per heavy atom. The van der Waals surface area contributed by atoms with Gasteiger partial charge in [0.25, 0.3) is 0 Å². The van der Waals surface area contributed by atoms with Crippen LogP contribution in [0.4, 0.5) is 0 Å². The first-order chi connectivity index (χ1) is 11.3. The highest BCUT2D eigenvalue weighted by Crippen LogP contribution is 2.46. The van der Waals surface area contributed by atoms with Gasteiger partial charge < -0.3 is 9.64 Å². The van der Waals surface area contributed by atoms with E-state index in [2.05, 4.69) is 19.0 Å². The van der Waals surface area contributed by atoms with Crippen molar-refractivity contribution in [2.75, 3.05) is 46.9 Å². The van der Waals surface area contributed by atoms with Crippen molar-refractivity contribution in [2.45, 2.75) is 24.7 Å². The number of hydrogen-bond acceptors (Lipinski definition) is 4. The van der Waals surface area contributed by atoms with Crippen LogP contribution in [0.15, 0.2) is 29.2 Å². The number of rotatable bonds is 4. The Kier molecular flexibility index (Phi) is 5.02. The average molecular weight is 353 g/mol. The number of aryl methyl sites for hydroxylation is 1. The summed E-state index contributed by atoms with van der Waals surface area (Å²) in [7, 11) is 0.689. The number of benzene rings is 1. The first kappa shape index (κ1) is 17.9. The summed E-state index contributed by atoms with van der Waals surface area (Å²) in [6, 6.07) is 7.22. The standard InChI is InChI=1S/C18H28N2O3S/c1-15-5-4-6-17(11-15)24(21,22)20-13-16(12-19(2)3)18(14-20)7-9-23-10-8-18/h4-6,11,16H,7-10,12-14H2,1-3H3. The van der Waals surface area contributed by atoms with Crippen LogP contribution in [0.2, 0.25) is 0 Å². The van der Waals surface area contributed by atoms with Crippen LogP contribution >= 0.6 is 0 Å². The summed E-state index contributed by atoms with van der Waals surface area (Å²) in [5.41, 5.74) is 1.03. The van der Waals surface area contributed by atoms with Crippen LogP contribution in [0.25, 0.3) is 0 Å². The molecule has 5 nitrogen and oxygen atoms in total. The van der Waals surface area contributed by atoms with Gasteiger partial charge in [0, 0.05) is 32.8 Å². The number of ether oxygens (including phenoxy) is 1. The molecule has 0 amide bonds. The molecular formula is C18H28N2O3S. The lowest BCUT2D eigenvalue weighted by atomic mass is 9.72. The maximum Gasteiger partial charge on any atom is 0.243 e. The van der Waals surface area contributed by atoms with Crippen LogP contribution in [0.5, 0.6) is 0 Å². The highest BCUT2D eigenvalue weighted by atomic mass is 32.2. The van der Waals surface area contributed by atoms with Crippen LogP contribution in [-0.2, 0) is 14.8 Å². The molecule has 1 aromatic rings. The summed E-state index contributed by atoms with van der Waals surface area (Å²) in [6.45, 7) is 5.54. The first-order valence-corrected chi connectivity index (χ1v) is 10.1. The quantitative estimate of drug-likeness (QED) is 0.831. The molecule has 2 fully saturated rings. The van der Waals surface area contributed by atoms with Gasteiger partial charge in [-0.1, -0.05) is 12.1 Å². The third-order valence-electron chi connectivity index (χ3n) is 5.48. The van der Waals surface area contributed by atoms with E-state index >= 15 is 0 Å². The Morgan fingerprint density at radius 2 is 2.00 bits per heavy atom. The zero-order valence-corrected chi connectivity index (χ0v) is 15.7. The van der Waals surface area contributed by atoms with E-state index in [0.29, 0.717) is 23.9 Å². The molecule has 0 N–H and O–H groups in total. The lowest BCUT2D eigenvalue weighted by Gasteiger charge is -2.39. The molecule has 24 heavy (non-hydrogen) atoms. The predicted octanol–water partition coefficient (Wildman–Crippen LogP) is 1.97. The molecule has 0 aliphatic carbocycles. The van der Waals surface area contributed by atoms with Crippen molar-refractivity contribution in [3.05, 3.63) is 29.8 Å². The number of hydrogen-bond donors (Lipinski definition) is 0. The summed E-state index contributed by atoms with van der Waals surface area (Å²) in [5, 5.41) is 0. The monoisotopic (exact) mass is 352 g/mol. The maximum absolute atomic E-state index is 13.1. The van der Waals surface area contributed by atoms with Gasteiger partial charge in [0.2, 0.25) is 10.0 Å². The van der Waals surface area contributed by atoms with E-state index in [1.807, 2.05) is 19.1 Å². The minimum Gasteiger partial charge on any atom is -0.381 e. The molecule has 2 aliphatic rings. The topological polar surface area (TPSA) is 49.9 Å². The largest absolute Gasteiger partial charge is 0.381 e. The highest BCUT2D eigenvalue weighted by molar-refractivity contribution is 7.89. The molecule has 0 saturated carbocycles. The first-order valence-electron chi connectivity index (χ1n) is 8.63. The average Bonchev–Trinajstić information content (AvgIpc) is 2.86. The van der Waals surface area contributed by atoms with Crippen LogP contribution in [0.3, 0.4) is 0 Å². The number of sulfonamides is 1. The van der Waals surface area contributed by atoms with Gasteiger partial charge in [0.05, 0.1) is 4.90 Å². The van der Waals surface area contributed by atoms with Crippen molar-refractivity contribution in [3.8, 4) is 0 Å². The molecule has 3 rings (SSSR count). The van der Waals surface area contributed by atoms with E-state index in [-0.39, 0.29) is 5.41 Å². The second kappa shape index (κ2) is 6.75. The molecule has 1 atom stereocenters. The fourth-order valence-electron chi connectivity index (χ4n) is 4.13. The molecule has 1 spiro atoms. The smallest absolute Gasteiger partial charge is 0.243 e. The van der Waals surface area contributed by atoms with E-state index in [1.165, 1.54) is 0 Å². The molecule has 2 heterocycles. The van der Waals surface area contributed by atoms with Gasteiger partial charge in [0.15, 0.2) is 0 Å². The summed E-state index contributed by atoms with van der Waals surface area (Å²) >= 11 is 0. The molecular weight excluding hydrogens is 324 g/mol. The van der Waals surface area contributed by atoms with E-state index in [4.69, 9.17) is 4.74 Å². The van der Waals surface area contributed by atoms with E-state index in [9.17, 15) is 8.42 Å². The Hall–Kier alpha value is -0.950. The molecule has 2 saturated heterocycles. The second-order valence-electron chi connectivity index (χ2n) is 7.55. The lowest BCUT2D eigenvalue weighted by Crippen LogP contribution is -2.40. The van der Waals surface area contributed by atoms with Gasteiger partial charge in [-0.2, -0.15) is 4.31 Å². The van der Waals surface area contributed by atoms with Gasteiger partial charge in [-0.25, -0.2) is 8.42 Å². The molecule has 0 bridgehead atoms. The van der Waals surface area contributed by atoms with E-state index in [1.54, 1.807) is 16.4 Å². The summed E-state index contributed by atoms with van der Waals surface area (Å²) < 4.78 is 33.5. The third kappa shape index (κ3) is 3.38. The van der Waals surface area contributed by atoms with Crippen molar-refractivity contribution in [1.82, 2.24) is 9.21 Å². The Morgan fingerprint density at radius 1 is 1.29 bits per heavy atom. The summed E-state index contributed by atoms with van der Waals surface area (Å²) in [5.74, 6) is 0.357. The minimum atomic E-state index is -3.43. The van der Waals surface area contributed by atoms with Crippen LogP contribution in [0, 0.1) is 18.3 Å². The highest BCUT2D eigenvalue weighted by Gasteiger charge is 2.50. The van der Waals surface area contributed by atoms with E-state index in [0.717, 1.165) is 38.2 Å². The third-order valence-corrected chi connectivity index (χ3v) is 7.29. The van der Waals surface area contributed by atoms with Crippen molar-refractivity contribution in [1.29, 1.82) is 0 Å². The molecule has 0 radical (unpaired) electrons. The molecule has 0 aromatic heterocycles. The summed E-state index contributed by atoms with van der Waals surface area (Å²) in [6.07, 6.45) is 1.90.